The molecule has 0 bridgehead atoms. The summed E-state index contributed by atoms with van der Waals surface area (Å²) < 4.78 is 38.8. The van der Waals surface area contributed by atoms with Gasteiger partial charge in [-0.25, -0.2) is 13.1 Å². The van der Waals surface area contributed by atoms with Gasteiger partial charge in [0, 0.05) is 6.04 Å². The Morgan fingerprint density at radius 1 is 0.968 bits per heavy atom. The molecule has 0 saturated carbocycles. The average Bonchev–Trinajstić information content (AvgIpc) is 2.66. The van der Waals surface area contributed by atoms with Crippen molar-refractivity contribution >= 4 is 21.6 Å². The number of anilines is 1. The first-order chi connectivity index (χ1) is 14.4. The van der Waals surface area contributed by atoms with Crippen LogP contribution in [-0.4, -0.2) is 33.6 Å². The molecule has 2 N–H and O–H groups in total. The minimum Gasteiger partial charge on any atom is -0.495 e. The van der Waals surface area contributed by atoms with E-state index in [1.54, 1.807) is 20.8 Å². The van der Waals surface area contributed by atoms with E-state index in [1.807, 2.05) is 25.1 Å². The molecule has 0 heterocycles. The summed E-state index contributed by atoms with van der Waals surface area (Å²) in [6.45, 7) is 11.2. The number of methoxy groups -OCH3 is 1. The van der Waals surface area contributed by atoms with Gasteiger partial charge >= 0.3 is 0 Å². The molecule has 7 nitrogen and oxygen atoms in total. The number of carbonyl (C=O) groups excluding carboxylic acids is 1. The lowest BCUT2D eigenvalue weighted by Gasteiger charge is -2.20. The number of aryl methyl sites for hydroxylation is 1. The number of benzene rings is 2. The Labute approximate surface area is 185 Å². The predicted octanol–water partition coefficient (Wildman–Crippen LogP) is 4.22. The first kappa shape index (κ1) is 24.7. The second-order valence-electron chi connectivity index (χ2n) is 8.08. The molecular formula is C23H32N2O5S. The van der Waals surface area contributed by atoms with Gasteiger partial charge < -0.3 is 14.8 Å². The fourth-order valence-electron chi connectivity index (χ4n) is 3.03. The van der Waals surface area contributed by atoms with Gasteiger partial charge in [0.15, 0.2) is 6.10 Å². The van der Waals surface area contributed by atoms with Gasteiger partial charge in [0.1, 0.15) is 11.5 Å². The predicted molar refractivity (Wildman–Crippen MR) is 122 cm³/mol. The fraction of sp³-hybridized carbons (Fsp3) is 0.435. The van der Waals surface area contributed by atoms with Gasteiger partial charge in [0.25, 0.3) is 5.91 Å². The van der Waals surface area contributed by atoms with Crippen molar-refractivity contribution in [1.82, 2.24) is 4.72 Å². The lowest BCUT2D eigenvalue weighted by Crippen LogP contribution is -2.31. The van der Waals surface area contributed by atoms with Crippen molar-refractivity contribution < 1.29 is 22.7 Å². The van der Waals surface area contributed by atoms with Crippen molar-refractivity contribution in [3.63, 3.8) is 0 Å². The molecule has 2 rings (SSSR count). The maximum absolute atomic E-state index is 12.8. The Morgan fingerprint density at radius 3 is 2.23 bits per heavy atom. The normalized spacial score (nSPS) is 12.7. The minimum atomic E-state index is -3.72. The van der Waals surface area contributed by atoms with Crippen LogP contribution in [0.15, 0.2) is 41.3 Å². The second-order valence-corrected chi connectivity index (χ2v) is 9.80. The zero-order valence-corrected chi connectivity index (χ0v) is 20.0. The van der Waals surface area contributed by atoms with E-state index in [9.17, 15) is 13.2 Å². The largest absolute Gasteiger partial charge is 0.495 e. The number of carbonyl (C=O) groups is 1. The third-order valence-electron chi connectivity index (χ3n) is 4.59. The van der Waals surface area contributed by atoms with Crippen molar-refractivity contribution in [1.29, 1.82) is 0 Å². The molecule has 1 atom stereocenters. The molecule has 0 spiro atoms. The number of hydrogen-bond donors (Lipinski definition) is 2. The fourth-order valence-corrected chi connectivity index (χ4v) is 4.31. The van der Waals surface area contributed by atoms with E-state index in [1.165, 1.54) is 25.3 Å². The summed E-state index contributed by atoms with van der Waals surface area (Å²) in [7, 11) is -2.27. The summed E-state index contributed by atoms with van der Waals surface area (Å²) in [5.74, 6) is 0.826. The lowest BCUT2D eigenvalue weighted by atomic mass is 10.0. The van der Waals surface area contributed by atoms with Crippen molar-refractivity contribution in [3.05, 3.63) is 47.5 Å². The zero-order chi connectivity index (χ0) is 23.3. The standard InChI is InChI=1S/C23H32N2O5S/c1-14(2)19-10-8-16(5)12-22(19)30-17(6)23(26)24-20-13-18(9-11-21(20)29-7)31(27,28)25-15(3)4/h8-15,17,25H,1-7H3,(H,24,26). The Kier molecular flexibility index (Phi) is 8.08. The zero-order valence-electron chi connectivity index (χ0n) is 19.1. The van der Waals surface area contributed by atoms with E-state index in [0.29, 0.717) is 11.5 Å². The smallest absolute Gasteiger partial charge is 0.265 e. The number of hydrogen-bond acceptors (Lipinski definition) is 5. The monoisotopic (exact) mass is 448 g/mol. The topological polar surface area (TPSA) is 93.7 Å². The Morgan fingerprint density at radius 2 is 1.65 bits per heavy atom. The van der Waals surface area contributed by atoms with Gasteiger partial charge in [0.05, 0.1) is 17.7 Å². The summed E-state index contributed by atoms with van der Waals surface area (Å²) in [5.41, 5.74) is 2.29. The van der Waals surface area contributed by atoms with Crippen molar-refractivity contribution in [2.75, 3.05) is 12.4 Å². The third kappa shape index (κ3) is 6.45. The van der Waals surface area contributed by atoms with Crippen LogP contribution in [0.3, 0.4) is 0 Å². The molecule has 170 valence electrons. The van der Waals surface area contributed by atoms with Crippen LogP contribution in [0, 0.1) is 6.92 Å². The maximum atomic E-state index is 12.8. The molecule has 1 amide bonds. The second kappa shape index (κ2) is 10.2. The number of nitrogens with one attached hydrogen (secondary N) is 2. The molecule has 0 aromatic heterocycles. The van der Waals surface area contributed by atoms with Crippen LogP contribution < -0.4 is 19.5 Å². The van der Waals surface area contributed by atoms with Crippen LogP contribution in [0.4, 0.5) is 5.69 Å². The number of amides is 1. The van der Waals surface area contributed by atoms with Crippen LogP contribution in [0.25, 0.3) is 0 Å². The molecular weight excluding hydrogens is 416 g/mol. The Hall–Kier alpha value is -2.58. The first-order valence-corrected chi connectivity index (χ1v) is 11.7. The highest BCUT2D eigenvalue weighted by Crippen LogP contribution is 2.30. The van der Waals surface area contributed by atoms with Gasteiger partial charge in [-0.15, -0.1) is 0 Å². The lowest BCUT2D eigenvalue weighted by molar-refractivity contribution is -0.122. The van der Waals surface area contributed by atoms with E-state index < -0.39 is 22.0 Å². The molecule has 0 saturated heterocycles. The summed E-state index contributed by atoms with van der Waals surface area (Å²) in [6.07, 6.45) is -0.807. The summed E-state index contributed by atoms with van der Waals surface area (Å²) in [5, 5.41) is 2.73. The average molecular weight is 449 g/mol. The van der Waals surface area contributed by atoms with Gasteiger partial charge in [-0.3, -0.25) is 4.79 Å². The van der Waals surface area contributed by atoms with Gasteiger partial charge in [0.2, 0.25) is 10.0 Å². The molecule has 0 aliphatic rings. The van der Waals surface area contributed by atoms with E-state index >= 15 is 0 Å². The van der Waals surface area contributed by atoms with Crippen molar-refractivity contribution in [3.8, 4) is 11.5 Å². The van der Waals surface area contributed by atoms with E-state index in [2.05, 4.69) is 23.9 Å². The number of sulfonamides is 1. The highest BCUT2D eigenvalue weighted by molar-refractivity contribution is 7.89. The highest BCUT2D eigenvalue weighted by atomic mass is 32.2. The van der Waals surface area contributed by atoms with Crippen LogP contribution in [0.1, 0.15) is 51.7 Å². The SMILES string of the molecule is COc1ccc(S(=O)(=O)NC(C)C)cc1NC(=O)C(C)Oc1cc(C)ccc1C(C)C. The molecule has 0 aliphatic heterocycles. The van der Waals surface area contributed by atoms with Crippen LogP contribution in [0.5, 0.6) is 11.5 Å². The van der Waals surface area contributed by atoms with E-state index in [-0.39, 0.29) is 22.5 Å². The third-order valence-corrected chi connectivity index (χ3v) is 6.25. The highest BCUT2D eigenvalue weighted by Gasteiger charge is 2.22. The maximum Gasteiger partial charge on any atom is 0.265 e. The molecule has 0 fully saturated rings. The Bertz CT molecular complexity index is 1030. The molecule has 2 aromatic rings. The molecule has 0 radical (unpaired) electrons. The summed E-state index contributed by atoms with van der Waals surface area (Å²) >= 11 is 0. The van der Waals surface area contributed by atoms with Crippen LogP contribution >= 0.6 is 0 Å². The van der Waals surface area contributed by atoms with Gasteiger partial charge in [-0.1, -0.05) is 26.0 Å². The molecule has 2 aromatic carbocycles. The Balaban J connectivity index is 2.27. The molecule has 31 heavy (non-hydrogen) atoms. The van der Waals surface area contributed by atoms with Gasteiger partial charge in [-0.2, -0.15) is 0 Å². The summed E-state index contributed by atoms with van der Waals surface area (Å²) in [4.78, 5) is 12.9. The molecule has 0 aliphatic carbocycles. The van der Waals surface area contributed by atoms with E-state index in [0.717, 1.165) is 11.1 Å². The van der Waals surface area contributed by atoms with Crippen LogP contribution in [-0.2, 0) is 14.8 Å². The first-order valence-electron chi connectivity index (χ1n) is 10.2. The number of rotatable bonds is 9. The van der Waals surface area contributed by atoms with Crippen LogP contribution in [0.2, 0.25) is 0 Å². The summed E-state index contributed by atoms with van der Waals surface area (Å²) in [6, 6.07) is 9.97. The van der Waals surface area contributed by atoms with E-state index in [4.69, 9.17) is 9.47 Å². The van der Waals surface area contributed by atoms with Gasteiger partial charge in [-0.05, 0) is 69.0 Å². The van der Waals surface area contributed by atoms with Crippen molar-refractivity contribution in [2.24, 2.45) is 0 Å². The molecule has 8 heteroatoms. The molecule has 1 unspecified atom stereocenters. The minimum absolute atomic E-state index is 0.0339. The van der Waals surface area contributed by atoms with Crippen molar-refractivity contribution in [2.45, 2.75) is 64.5 Å². The number of ether oxygens (including phenoxy) is 2. The quantitative estimate of drug-likeness (QED) is 0.599.